The van der Waals surface area contributed by atoms with Crippen LogP contribution in [0, 0.1) is 0 Å². The molecule has 1 aliphatic heterocycles. The van der Waals surface area contributed by atoms with Crippen LogP contribution in [0.15, 0.2) is 53.9 Å². The summed E-state index contributed by atoms with van der Waals surface area (Å²) in [5, 5.41) is 9.64. The Morgan fingerprint density at radius 1 is 1.09 bits per heavy atom. The van der Waals surface area contributed by atoms with Gasteiger partial charge in [0.25, 0.3) is 0 Å². The Morgan fingerprint density at radius 3 is 2.69 bits per heavy atom. The molecule has 0 unspecified atom stereocenters. The van der Waals surface area contributed by atoms with Crippen molar-refractivity contribution in [3.05, 3.63) is 71.3 Å². The molecule has 9 nitrogen and oxygen atoms in total. The summed E-state index contributed by atoms with van der Waals surface area (Å²) < 4.78 is 20.3. The minimum absolute atomic E-state index is 0.529. The number of hydrogen-bond donors (Lipinski definition) is 0. The molecule has 35 heavy (non-hydrogen) atoms. The van der Waals surface area contributed by atoms with Gasteiger partial charge in [-0.25, -0.2) is 9.67 Å². The number of hydrogen-bond acceptors (Lipinski definition) is 7. The Hall–Kier alpha value is -3.98. The summed E-state index contributed by atoms with van der Waals surface area (Å²) in [6, 6.07) is 10.0. The highest BCUT2D eigenvalue weighted by atomic mass is 16.5. The molecular weight excluding hydrogens is 444 g/mol. The van der Waals surface area contributed by atoms with Gasteiger partial charge in [0.05, 0.1) is 69.0 Å². The van der Waals surface area contributed by atoms with Crippen LogP contribution in [-0.4, -0.2) is 65.2 Å². The smallest absolute Gasteiger partial charge is 0.222 e. The molecule has 1 aliphatic rings. The molecule has 0 spiro atoms. The van der Waals surface area contributed by atoms with Crippen molar-refractivity contribution < 1.29 is 14.2 Å². The summed E-state index contributed by atoms with van der Waals surface area (Å²) in [5.41, 5.74) is 7.03. The summed E-state index contributed by atoms with van der Waals surface area (Å²) >= 11 is 0. The molecule has 0 saturated heterocycles. The van der Waals surface area contributed by atoms with Crippen LogP contribution in [0.2, 0.25) is 0 Å². The van der Waals surface area contributed by atoms with Gasteiger partial charge in [0.1, 0.15) is 5.75 Å². The van der Waals surface area contributed by atoms with Gasteiger partial charge in [0.15, 0.2) is 0 Å². The highest BCUT2D eigenvalue weighted by molar-refractivity contribution is 5.83. The fraction of sp³-hybridized carbons (Fsp3) is 0.308. The molecule has 0 aliphatic carbocycles. The maximum absolute atomic E-state index is 5.79. The lowest BCUT2D eigenvalue weighted by Crippen LogP contribution is -2.07. The second-order valence-corrected chi connectivity index (χ2v) is 8.25. The molecule has 4 aromatic rings. The van der Waals surface area contributed by atoms with E-state index in [1.807, 2.05) is 52.1 Å². The van der Waals surface area contributed by atoms with Gasteiger partial charge in [-0.05, 0) is 30.2 Å². The maximum Gasteiger partial charge on any atom is 0.222 e. The predicted molar refractivity (Wildman–Crippen MR) is 133 cm³/mol. The second kappa shape index (κ2) is 10.1. The number of aliphatic imine (C=N–C) groups is 1. The number of methoxy groups -OCH3 is 2. The quantitative estimate of drug-likeness (QED) is 0.383. The third-order valence-electron chi connectivity index (χ3n) is 6.05. The molecule has 0 saturated carbocycles. The summed E-state index contributed by atoms with van der Waals surface area (Å²) in [6.45, 7) is 1.99. The molecular formula is C26H28N6O3. The fourth-order valence-corrected chi connectivity index (χ4v) is 4.36. The van der Waals surface area contributed by atoms with Gasteiger partial charge < -0.3 is 14.2 Å². The summed E-state index contributed by atoms with van der Waals surface area (Å²) in [4.78, 5) is 8.62. The molecule has 5 rings (SSSR count). The number of aromatic nitrogens is 5. The molecule has 9 heteroatoms. The van der Waals surface area contributed by atoms with Gasteiger partial charge in [-0.3, -0.25) is 9.67 Å². The van der Waals surface area contributed by atoms with Crippen molar-refractivity contribution >= 4 is 6.21 Å². The lowest BCUT2D eigenvalue weighted by molar-refractivity contribution is 0.145. The molecule has 0 amide bonds. The summed E-state index contributed by atoms with van der Waals surface area (Å²) in [5.74, 6) is 1.37. The Balaban J connectivity index is 1.52. The third-order valence-corrected chi connectivity index (χ3v) is 6.05. The standard InChI is InChI=1S/C26H28N6O3/c1-27-13-19-12-21(15-28-26(19)34-3)32-24-9-11-35-10-8-23(24)25(30-32)20-14-29-31(17-20)16-18-4-6-22(33-2)7-5-18/h4-7,12-15,17H,8-11,16H2,1-3H3. The predicted octanol–water partition coefficient (Wildman–Crippen LogP) is 3.36. The average Bonchev–Trinajstić information content (AvgIpc) is 3.41. The second-order valence-electron chi connectivity index (χ2n) is 8.25. The monoisotopic (exact) mass is 472 g/mol. The van der Waals surface area contributed by atoms with Gasteiger partial charge >= 0.3 is 0 Å². The first-order valence-electron chi connectivity index (χ1n) is 11.5. The van der Waals surface area contributed by atoms with Crippen LogP contribution in [0.3, 0.4) is 0 Å². The fourth-order valence-electron chi connectivity index (χ4n) is 4.36. The third kappa shape index (κ3) is 4.67. The van der Waals surface area contributed by atoms with E-state index in [-0.39, 0.29) is 0 Å². The lowest BCUT2D eigenvalue weighted by atomic mass is 10.1. The first-order chi connectivity index (χ1) is 17.2. The minimum Gasteiger partial charge on any atom is -0.497 e. The molecule has 1 aromatic carbocycles. The molecule has 4 heterocycles. The number of nitrogens with zero attached hydrogens (tertiary/aromatic N) is 6. The van der Waals surface area contributed by atoms with E-state index in [1.165, 1.54) is 5.56 Å². The molecule has 3 aromatic heterocycles. The van der Waals surface area contributed by atoms with Gasteiger partial charge in [0.2, 0.25) is 5.88 Å². The number of rotatable bonds is 7. The highest BCUT2D eigenvalue weighted by Gasteiger charge is 2.23. The van der Waals surface area contributed by atoms with Crippen molar-refractivity contribution in [2.24, 2.45) is 4.99 Å². The Kier molecular flexibility index (Phi) is 6.58. The van der Waals surface area contributed by atoms with E-state index >= 15 is 0 Å². The summed E-state index contributed by atoms with van der Waals surface area (Å²) in [6.07, 6.45) is 9.01. The largest absolute Gasteiger partial charge is 0.497 e. The van der Waals surface area contributed by atoms with Crippen LogP contribution in [0.5, 0.6) is 11.6 Å². The van der Waals surface area contributed by atoms with Crippen LogP contribution in [0.1, 0.15) is 22.4 Å². The number of ether oxygens (including phenoxy) is 3. The van der Waals surface area contributed by atoms with E-state index in [2.05, 4.69) is 15.1 Å². The molecule has 0 radical (unpaired) electrons. The first-order valence-corrected chi connectivity index (χ1v) is 11.5. The maximum atomic E-state index is 5.79. The van der Waals surface area contributed by atoms with Gasteiger partial charge in [-0.15, -0.1) is 0 Å². The van der Waals surface area contributed by atoms with Crippen molar-refractivity contribution in [2.75, 3.05) is 34.5 Å². The lowest BCUT2D eigenvalue weighted by Gasteiger charge is -2.09. The first kappa shape index (κ1) is 22.8. The van der Waals surface area contributed by atoms with Gasteiger partial charge in [-0.1, -0.05) is 12.1 Å². The van der Waals surface area contributed by atoms with Crippen molar-refractivity contribution in [3.63, 3.8) is 0 Å². The van der Waals surface area contributed by atoms with Gasteiger partial charge in [-0.2, -0.15) is 10.2 Å². The van der Waals surface area contributed by atoms with E-state index in [1.54, 1.807) is 33.7 Å². The zero-order chi connectivity index (χ0) is 24.2. The molecule has 0 fully saturated rings. The SMILES string of the molecule is CN=Cc1cc(-n2nc(-c3cnn(Cc4ccc(OC)cc4)c3)c3c2CCOCC3)cnc1OC. The van der Waals surface area contributed by atoms with E-state index in [0.29, 0.717) is 25.6 Å². The zero-order valence-electron chi connectivity index (χ0n) is 20.1. The van der Waals surface area contributed by atoms with E-state index < -0.39 is 0 Å². The van der Waals surface area contributed by atoms with Crippen molar-refractivity contribution in [2.45, 2.75) is 19.4 Å². The van der Waals surface area contributed by atoms with Crippen LogP contribution >= 0.6 is 0 Å². The van der Waals surface area contributed by atoms with Crippen molar-refractivity contribution in [3.8, 4) is 28.6 Å². The Morgan fingerprint density at radius 2 is 1.91 bits per heavy atom. The molecule has 0 atom stereocenters. The van der Waals surface area contributed by atoms with Crippen LogP contribution in [-0.2, 0) is 24.1 Å². The normalized spacial score (nSPS) is 13.6. The van der Waals surface area contributed by atoms with Crippen molar-refractivity contribution in [1.82, 2.24) is 24.5 Å². The molecule has 0 bridgehead atoms. The number of fused-ring (bicyclic) bond motifs is 1. The Bertz CT molecular complexity index is 1340. The molecule has 0 N–H and O–H groups in total. The van der Waals surface area contributed by atoms with E-state index in [0.717, 1.165) is 52.4 Å². The highest BCUT2D eigenvalue weighted by Crippen LogP contribution is 2.30. The summed E-state index contributed by atoms with van der Waals surface area (Å²) in [7, 11) is 5.00. The minimum atomic E-state index is 0.529. The zero-order valence-corrected chi connectivity index (χ0v) is 20.1. The number of pyridine rings is 1. The van der Waals surface area contributed by atoms with Crippen LogP contribution in [0.4, 0.5) is 0 Å². The van der Waals surface area contributed by atoms with E-state index in [9.17, 15) is 0 Å². The van der Waals surface area contributed by atoms with Gasteiger partial charge in [0, 0.05) is 37.0 Å². The Labute approximate surface area is 204 Å². The van der Waals surface area contributed by atoms with Crippen LogP contribution in [0.25, 0.3) is 16.9 Å². The van der Waals surface area contributed by atoms with E-state index in [4.69, 9.17) is 19.3 Å². The van der Waals surface area contributed by atoms with Crippen molar-refractivity contribution in [1.29, 1.82) is 0 Å². The van der Waals surface area contributed by atoms with Crippen LogP contribution < -0.4 is 9.47 Å². The topological polar surface area (TPSA) is 88.6 Å². The molecule has 180 valence electrons. The average molecular weight is 473 g/mol. The number of benzene rings is 1.